The maximum atomic E-state index is 12.1. The van der Waals surface area contributed by atoms with E-state index in [-0.39, 0.29) is 0 Å². The Bertz CT molecular complexity index is 265. The second kappa shape index (κ2) is 7.10. The van der Waals surface area contributed by atoms with Crippen LogP contribution in [0, 0.1) is 0 Å². The Kier molecular flexibility index (Phi) is 5.45. The Morgan fingerprint density at radius 2 is 2.22 bits per heavy atom. The van der Waals surface area contributed by atoms with Crippen molar-refractivity contribution in [2.75, 3.05) is 26.7 Å². The molecule has 0 saturated carbocycles. The van der Waals surface area contributed by atoms with Gasteiger partial charge in [0.2, 0.25) is 5.91 Å². The molecule has 2 unspecified atom stereocenters. The van der Waals surface area contributed by atoms with Crippen LogP contribution in [0.1, 0.15) is 44.9 Å². The molecule has 0 bridgehead atoms. The molecule has 4 nitrogen and oxygen atoms in total. The lowest BCUT2D eigenvalue weighted by molar-refractivity contribution is -0.133. The molecule has 2 aliphatic rings. The molecule has 0 aromatic carbocycles. The number of hydrogen-bond acceptors (Lipinski definition) is 3. The zero-order valence-corrected chi connectivity index (χ0v) is 11.5. The van der Waals surface area contributed by atoms with Crippen molar-refractivity contribution in [3.8, 4) is 0 Å². The maximum Gasteiger partial charge on any atom is 0.222 e. The SMILES string of the molecule is CNC1CCCN(C(=O)CCC2CCCCO2)C1. The second-order valence-corrected chi connectivity index (χ2v) is 5.49. The first kappa shape index (κ1) is 13.8. The minimum atomic E-state index is 0.309. The van der Waals surface area contributed by atoms with Crippen molar-refractivity contribution < 1.29 is 9.53 Å². The van der Waals surface area contributed by atoms with Gasteiger partial charge in [-0.3, -0.25) is 4.79 Å². The van der Waals surface area contributed by atoms with Gasteiger partial charge in [0.25, 0.3) is 0 Å². The summed E-state index contributed by atoms with van der Waals surface area (Å²) in [6.07, 6.45) is 7.76. The van der Waals surface area contributed by atoms with Crippen molar-refractivity contribution in [2.45, 2.75) is 57.1 Å². The van der Waals surface area contributed by atoms with Gasteiger partial charge in [-0.05, 0) is 45.6 Å². The molecule has 2 saturated heterocycles. The highest BCUT2D eigenvalue weighted by Crippen LogP contribution is 2.18. The summed E-state index contributed by atoms with van der Waals surface area (Å²) in [5, 5.41) is 3.28. The van der Waals surface area contributed by atoms with Crippen molar-refractivity contribution in [3.63, 3.8) is 0 Å². The van der Waals surface area contributed by atoms with Crippen LogP contribution in [0.2, 0.25) is 0 Å². The lowest BCUT2D eigenvalue weighted by Gasteiger charge is -2.33. The minimum Gasteiger partial charge on any atom is -0.378 e. The van der Waals surface area contributed by atoms with Crippen molar-refractivity contribution in [3.05, 3.63) is 0 Å². The van der Waals surface area contributed by atoms with Crippen LogP contribution in [-0.2, 0) is 9.53 Å². The van der Waals surface area contributed by atoms with Crippen molar-refractivity contribution in [1.82, 2.24) is 10.2 Å². The molecule has 2 rings (SSSR count). The second-order valence-electron chi connectivity index (χ2n) is 5.49. The molecule has 2 heterocycles. The molecule has 104 valence electrons. The van der Waals surface area contributed by atoms with E-state index in [2.05, 4.69) is 5.32 Å². The highest BCUT2D eigenvalue weighted by atomic mass is 16.5. The molecule has 2 atom stereocenters. The third kappa shape index (κ3) is 3.95. The fourth-order valence-corrected chi connectivity index (χ4v) is 2.92. The van der Waals surface area contributed by atoms with Gasteiger partial charge in [-0.1, -0.05) is 0 Å². The monoisotopic (exact) mass is 254 g/mol. The van der Waals surface area contributed by atoms with E-state index in [4.69, 9.17) is 4.74 Å². The van der Waals surface area contributed by atoms with Crippen LogP contribution >= 0.6 is 0 Å². The molecule has 18 heavy (non-hydrogen) atoms. The molecular weight excluding hydrogens is 228 g/mol. The molecule has 2 aliphatic heterocycles. The smallest absolute Gasteiger partial charge is 0.222 e. The third-order valence-electron chi connectivity index (χ3n) is 4.14. The summed E-state index contributed by atoms with van der Waals surface area (Å²) in [6.45, 7) is 2.69. The quantitative estimate of drug-likeness (QED) is 0.827. The van der Waals surface area contributed by atoms with Crippen LogP contribution in [0.15, 0.2) is 0 Å². The number of carbonyl (C=O) groups is 1. The summed E-state index contributed by atoms with van der Waals surface area (Å²) in [4.78, 5) is 14.2. The Morgan fingerprint density at radius 1 is 1.33 bits per heavy atom. The lowest BCUT2D eigenvalue weighted by Crippen LogP contribution is -2.47. The summed E-state index contributed by atoms with van der Waals surface area (Å²) in [6, 6.07) is 0.480. The van der Waals surface area contributed by atoms with E-state index < -0.39 is 0 Å². The molecule has 2 fully saturated rings. The Morgan fingerprint density at radius 3 is 2.94 bits per heavy atom. The zero-order valence-electron chi connectivity index (χ0n) is 11.5. The number of likely N-dealkylation sites (tertiary alicyclic amines) is 1. The van der Waals surface area contributed by atoms with Crippen molar-refractivity contribution in [1.29, 1.82) is 0 Å². The van der Waals surface area contributed by atoms with Crippen molar-refractivity contribution >= 4 is 5.91 Å². The van der Waals surface area contributed by atoms with Gasteiger partial charge >= 0.3 is 0 Å². The topological polar surface area (TPSA) is 41.6 Å². The Balaban J connectivity index is 1.70. The van der Waals surface area contributed by atoms with Gasteiger partial charge in [-0.15, -0.1) is 0 Å². The summed E-state index contributed by atoms with van der Waals surface area (Å²) >= 11 is 0. The summed E-state index contributed by atoms with van der Waals surface area (Å²) in [5.74, 6) is 0.309. The third-order valence-corrected chi connectivity index (χ3v) is 4.14. The van der Waals surface area contributed by atoms with Crippen LogP contribution in [0.3, 0.4) is 0 Å². The number of carbonyl (C=O) groups excluding carboxylic acids is 1. The fourth-order valence-electron chi connectivity index (χ4n) is 2.92. The molecule has 0 spiro atoms. The standard InChI is InChI=1S/C14H26N2O2/c1-15-12-5-4-9-16(11-12)14(17)8-7-13-6-2-3-10-18-13/h12-13,15H,2-11H2,1H3. The average Bonchev–Trinajstić information content (AvgIpc) is 2.46. The molecular formula is C14H26N2O2. The van der Waals surface area contributed by atoms with E-state index in [1.165, 1.54) is 19.3 Å². The van der Waals surface area contributed by atoms with Gasteiger partial charge < -0.3 is 15.0 Å². The number of amides is 1. The highest BCUT2D eigenvalue weighted by molar-refractivity contribution is 5.76. The molecule has 1 N–H and O–H groups in total. The van der Waals surface area contributed by atoms with E-state index >= 15 is 0 Å². The lowest BCUT2D eigenvalue weighted by atomic mass is 10.0. The van der Waals surface area contributed by atoms with E-state index in [1.54, 1.807) is 0 Å². The first-order valence-corrected chi connectivity index (χ1v) is 7.36. The number of hydrogen-bond donors (Lipinski definition) is 1. The van der Waals surface area contributed by atoms with Gasteiger partial charge in [0, 0.05) is 32.2 Å². The van der Waals surface area contributed by atoms with Crippen LogP contribution < -0.4 is 5.32 Å². The number of likely N-dealkylation sites (N-methyl/N-ethyl adjacent to an activating group) is 1. The van der Waals surface area contributed by atoms with Gasteiger partial charge in [-0.2, -0.15) is 0 Å². The molecule has 4 heteroatoms. The van der Waals surface area contributed by atoms with Crippen LogP contribution in [0.25, 0.3) is 0 Å². The predicted octanol–water partition coefficient (Wildman–Crippen LogP) is 1.55. The Labute approximate surface area is 110 Å². The predicted molar refractivity (Wildman–Crippen MR) is 71.5 cm³/mol. The van der Waals surface area contributed by atoms with Crippen LogP contribution in [-0.4, -0.2) is 49.7 Å². The number of piperidine rings is 1. The van der Waals surface area contributed by atoms with E-state index in [9.17, 15) is 4.79 Å². The summed E-state index contributed by atoms with van der Waals surface area (Å²) < 4.78 is 5.67. The van der Waals surface area contributed by atoms with Gasteiger partial charge in [0.15, 0.2) is 0 Å². The zero-order chi connectivity index (χ0) is 12.8. The summed E-state index contributed by atoms with van der Waals surface area (Å²) in [5.41, 5.74) is 0. The Hall–Kier alpha value is -0.610. The highest BCUT2D eigenvalue weighted by Gasteiger charge is 2.23. The number of nitrogens with one attached hydrogen (secondary N) is 1. The number of ether oxygens (including phenoxy) is 1. The number of nitrogens with zero attached hydrogens (tertiary/aromatic N) is 1. The van der Waals surface area contributed by atoms with Crippen molar-refractivity contribution in [2.24, 2.45) is 0 Å². The first-order chi connectivity index (χ1) is 8.79. The summed E-state index contributed by atoms with van der Waals surface area (Å²) in [7, 11) is 1.98. The van der Waals surface area contributed by atoms with Gasteiger partial charge in [0.05, 0.1) is 6.10 Å². The molecule has 0 aromatic rings. The van der Waals surface area contributed by atoms with Gasteiger partial charge in [-0.25, -0.2) is 0 Å². The first-order valence-electron chi connectivity index (χ1n) is 7.36. The number of rotatable bonds is 4. The van der Waals surface area contributed by atoms with Crippen LogP contribution in [0.5, 0.6) is 0 Å². The normalized spacial score (nSPS) is 29.3. The van der Waals surface area contributed by atoms with E-state index in [0.717, 1.165) is 39.0 Å². The minimum absolute atomic E-state index is 0.309. The molecule has 0 aromatic heterocycles. The average molecular weight is 254 g/mol. The molecule has 1 amide bonds. The molecule has 0 aliphatic carbocycles. The van der Waals surface area contributed by atoms with Gasteiger partial charge in [0.1, 0.15) is 0 Å². The van der Waals surface area contributed by atoms with Crippen LogP contribution in [0.4, 0.5) is 0 Å². The maximum absolute atomic E-state index is 12.1. The fraction of sp³-hybridized carbons (Fsp3) is 0.929. The largest absolute Gasteiger partial charge is 0.378 e. The van der Waals surface area contributed by atoms with E-state index in [1.807, 2.05) is 11.9 Å². The van der Waals surface area contributed by atoms with E-state index in [0.29, 0.717) is 24.5 Å². The molecule has 0 radical (unpaired) electrons.